The molecule has 0 unspecified atom stereocenters. The molecule has 0 saturated carbocycles. The van der Waals surface area contributed by atoms with Gasteiger partial charge >= 0.3 is 0 Å². The minimum atomic E-state index is -1.09. The third-order valence-electron chi connectivity index (χ3n) is 3.71. The number of hydrogen-bond donors (Lipinski definition) is 2. The maximum atomic E-state index is 14.2. The number of carbonyl (C=O) groups is 2. The number of nitrogens with one attached hydrogen (secondary N) is 2. The van der Waals surface area contributed by atoms with Gasteiger partial charge in [-0.1, -0.05) is 6.92 Å². The predicted octanol–water partition coefficient (Wildman–Crippen LogP) is 3.97. The van der Waals surface area contributed by atoms with Gasteiger partial charge in [-0.05, 0) is 30.7 Å². The summed E-state index contributed by atoms with van der Waals surface area (Å²) in [4.78, 5) is 24.1. The van der Waals surface area contributed by atoms with Gasteiger partial charge in [0.2, 0.25) is 5.91 Å². The fraction of sp³-hybridized carbons (Fsp3) is 0.263. The standard InChI is InChI=1S/C19H20F2N2O4/c1-4-5-16(24)23-14-9-6-11(10-15(14)26-2)22-19(25)12-7-8-13(20)18(27-3)17(12)21/h6-10H,4-5H2,1-3H3,(H,22,25)(H,23,24). The molecule has 0 aromatic heterocycles. The summed E-state index contributed by atoms with van der Waals surface area (Å²) < 4.78 is 37.5. The van der Waals surface area contributed by atoms with Crippen LogP contribution in [0, 0.1) is 11.6 Å². The van der Waals surface area contributed by atoms with E-state index in [9.17, 15) is 18.4 Å². The molecule has 2 aromatic carbocycles. The van der Waals surface area contributed by atoms with E-state index in [-0.39, 0.29) is 11.5 Å². The van der Waals surface area contributed by atoms with Crippen molar-refractivity contribution in [2.24, 2.45) is 0 Å². The number of methoxy groups -OCH3 is 2. The van der Waals surface area contributed by atoms with Crippen LogP contribution in [0.15, 0.2) is 30.3 Å². The largest absolute Gasteiger partial charge is 0.494 e. The molecule has 6 nitrogen and oxygen atoms in total. The second-order valence-corrected chi connectivity index (χ2v) is 5.61. The summed E-state index contributed by atoms with van der Waals surface area (Å²) in [5.41, 5.74) is 0.393. The van der Waals surface area contributed by atoms with E-state index >= 15 is 0 Å². The molecule has 8 heteroatoms. The first-order valence-electron chi connectivity index (χ1n) is 8.22. The lowest BCUT2D eigenvalue weighted by atomic mass is 10.1. The van der Waals surface area contributed by atoms with Gasteiger partial charge < -0.3 is 20.1 Å². The molecule has 27 heavy (non-hydrogen) atoms. The summed E-state index contributed by atoms with van der Waals surface area (Å²) in [5, 5.41) is 5.21. The zero-order chi connectivity index (χ0) is 20.0. The Labute approximate surface area is 155 Å². The van der Waals surface area contributed by atoms with Crippen LogP contribution in [-0.4, -0.2) is 26.0 Å². The van der Waals surface area contributed by atoms with Crippen molar-refractivity contribution in [3.63, 3.8) is 0 Å². The van der Waals surface area contributed by atoms with Gasteiger partial charge in [0, 0.05) is 18.2 Å². The van der Waals surface area contributed by atoms with Crippen molar-refractivity contribution in [1.82, 2.24) is 0 Å². The number of carbonyl (C=O) groups excluding carboxylic acids is 2. The van der Waals surface area contributed by atoms with Gasteiger partial charge in [0.1, 0.15) is 5.75 Å². The van der Waals surface area contributed by atoms with Crippen LogP contribution in [0.1, 0.15) is 30.1 Å². The van der Waals surface area contributed by atoms with Crippen LogP contribution in [-0.2, 0) is 4.79 Å². The van der Waals surface area contributed by atoms with Gasteiger partial charge in [0.15, 0.2) is 17.4 Å². The summed E-state index contributed by atoms with van der Waals surface area (Å²) in [6.45, 7) is 1.89. The van der Waals surface area contributed by atoms with Crippen LogP contribution < -0.4 is 20.1 Å². The molecule has 144 valence electrons. The van der Waals surface area contributed by atoms with Gasteiger partial charge in [0.05, 0.1) is 25.5 Å². The maximum Gasteiger partial charge on any atom is 0.258 e. The molecule has 0 aliphatic carbocycles. The molecule has 0 aliphatic heterocycles. The Morgan fingerprint density at radius 1 is 1.04 bits per heavy atom. The average Bonchev–Trinajstić information content (AvgIpc) is 2.63. The van der Waals surface area contributed by atoms with Crippen molar-refractivity contribution in [1.29, 1.82) is 0 Å². The van der Waals surface area contributed by atoms with Crippen molar-refractivity contribution in [3.8, 4) is 11.5 Å². The Morgan fingerprint density at radius 2 is 1.78 bits per heavy atom. The highest BCUT2D eigenvalue weighted by atomic mass is 19.1. The Balaban J connectivity index is 2.22. The molecule has 2 rings (SSSR count). The van der Waals surface area contributed by atoms with E-state index in [2.05, 4.69) is 15.4 Å². The molecule has 0 radical (unpaired) electrons. The van der Waals surface area contributed by atoms with E-state index in [1.807, 2.05) is 6.92 Å². The zero-order valence-corrected chi connectivity index (χ0v) is 15.2. The van der Waals surface area contributed by atoms with Crippen molar-refractivity contribution in [3.05, 3.63) is 47.5 Å². The Hall–Kier alpha value is -3.16. The fourth-order valence-electron chi connectivity index (χ4n) is 2.41. The van der Waals surface area contributed by atoms with Crippen molar-refractivity contribution >= 4 is 23.2 Å². The monoisotopic (exact) mass is 378 g/mol. The van der Waals surface area contributed by atoms with Gasteiger partial charge in [-0.2, -0.15) is 0 Å². The van der Waals surface area contributed by atoms with Gasteiger partial charge in [-0.15, -0.1) is 0 Å². The third-order valence-corrected chi connectivity index (χ3v) is 3.71. The second-order valence-electron chi connectivity index (χ2n) is 5.61. The van der Waals surface area contributed by atoms with E-state index in [4.69, 9.17) is 4.74 Å². The first-order valence-corrected chi connectivity index (χ1v) is 8.22. The molecular formula is C19H20F2N2O4. The lowest BCUT2D eigenvalue weighted by Crippen LogP contribution is -2.15. The Bertz CT molecular complexity index is 856. The quantitative estimate of drug-likeness (QED) is 0.764. The van der Waals surface area contributed by atoms with Crippen LogP contribution in [0.5, 0.6) is 11.5 Å². The summed E-state index contributed by atoms with van der Waals surface area (Å²) in [6.07, 6.45) is 1.07. The molecule has 0 atom stereocenters. The third kappa shape index (κ3) is 4.72. The van der Waals surface area contributed by atoms with E-state index in [0.717, 1.165) is 19.2 Å². The van der Waals surface area contributed by atoms with E-state index < -0.39 is 23.3 Å². The number of anilines is 2. The van der Waals surface area contributed by atoms with Gasteiger partial charge in [0.25, 0.3) is 5.91 Å². The normalized spacial score (nSPS) is 10.3. The van der Waals surface area contributed by atoms with Crippen LogP contribution in [0.4, 0.5) is 20.2 Å². The number of halogens is 2. The smallest absolute Gasteiger partial charge is 0.258 e. The van der Waals surface area contributed by atoms with Crippen LogP contribution in [0.25, 0.3) is 0 Å². The van der Waals surface area contributed by atoms with Gasteiger partial charge in [-0.25, -0.2) is 8.78 Å². The highest BCUT2D eigenvalue weighted by Crippen LogP contribution is 2.29. The Morgan fingerprint density at radius 3 is 2.41 bits per heavy atom. The van der Waals surface area contributed by atoms with Crippen molar-refractivity contribution in [2.75, 3.05) is 24.9 Å². The lowest BCUT2D eigenvalue weighted by molar-refractivity contribution is -0.116. The summed E-state index contributed by atoms with van der Waals surface area (Å²) in [5.74, 6) is -3.24. The molecule has 0 heterocycles. The molecule has 2 aromatic rings. The molecule has 0 spiro atoms. The molecule has 0 fully saturated rings. The number of rotatable bonds is 7. The molecule has 0 aliphatic rings. The van der Waals surface area contributed by atoms with Gasteiger partial charge in [-0.3, -0.25) is 9.59 Å². The SMILES string of the molecule is CCCC(=O)Nc1ccc(NC(=O)c2ccc(F)c(OC)c2F)cc1OC. The number of ether oxygens (including phenoxy) is 2. The number of benzene rings is 2. The molecule has 0 saturated heterocycles. The molecule has 2 N–H and O–H groups in total. The number of hydrogen-bond acceptors (Lipinski definition) is 4. The first-order chi connectivity index (χ1) is 12.9. The highest BCUT2D eigenvalue weighted by molar-refractivity contribution is 6.05. The predicted molar refractivity (Wildman–Crippen MR) is 97.4 cm³/mol. The van der Waals surface area contributed by atoms with Crippen LogP contribution >= 0.6 is 0 Å². The molecule has 0 bridgehead atoms. The van der Waals surface area contributed by atoms with E-state index in [1.165, 1.54) is 19.2 Å². The van der Waals surface area contributed by atoms with Crippen molar-refractivity contribution in [2.45, 2.75) is 19.8 Å². The maximum absolute atomic E-state index is 14.2. The summed E-state index contributed by atoms with van der Waals surface area (Å²) in [7, 11) is 2.53. The topological polar surface area (TPSA) is 76.7 Å². The molecule has 2 amide bonds. The minimum absolute atomic E-state index is 0.159. The Kier molecular flexibility index (Phi) is 6.70. The minimum Gasteiger partial charge on any atom is -0.494 e. The van der Waals surface area contributed by atoms with E-state index in [1.54, 1.807) is 6.07 Å². The van der Waals surface area contributed by atoms with Crippen LogP contribution in [0.3, 0.4) is 0 Å². The fourth-order valence-corrected chi connectivity index (χ4v) is 2.41. The van der Waals surface area contributed by atoms with Crippen molar-refractivity contribution < 1.29 is 27.8 Å². The van der Waals surface area contributed by atoms with E-state index in [0.29, 0.717) is 30.0 Å². The summed E-state index contributed by atoms with van der Waals surface area (Å²) >= 11 is 0. The molecular weight excluding hydrogens is 358 g/mol. The number of amides is 2. The average molecular weight is 378 g/mol. The lowest BCUT2D eigenvalue weighted by Gasteiger charge is -2.13. The first kappa shape index (κ1) is 20.2. The second kappa shape index (κ2) is 8.98. The van der Waals surface area contributed by atoms with Crippen LogP contribution in [0.2, 0.25) is 0 Å². The summed E-state index contributed by atoms with van der Waals surface area (Å²) in [6, 6.07) is 6.55. The zero-order valence-electron chi connectivity index (χ0n) is 15.2. The highest BCUT2D eigenvalue weighted by Gasteiger charge is 2.20.